The molecule has 1 heterocycles. The number of hydrogen-bond acceptors (Lipinski definition) is 2. The molecule has 0 fully saturated rings. The van der Waals surface area contributed by atoms with Crippen LogP contribution in [0.25, 0.3) is 22.2 Å². The zero-order valence-corrected chi connectivity index (χ0v) is 19.7. The molecule has 0 aliphatic heterocycles. The summed E-state index contributed by atoms with van der Waals surface area (Å²) in [4.78, 5) is 26.7. The van der Waals surface area contributed by atoms with Crippen molar-refractivity contribution < 1.29 is 14.7 Å². The Balaban J connectivity index is 2.18. The molecule has 3 aromatic rings. The highest BCUT2D eigenvalue weighted by Gasteiger charge is 2.23. The molecule has 1 aromatic heterocycles. The molecule has 0 unspecified atom stereocenters. The topological polar surface area (TPSA) is 62.5 Å². The zero-order chi connectivity index (χ0) is 23.8. The Hall–Kier alpha value is -3.34. The minimum absolute atomic E-state index is 0.0583. The van der Waals surface area contributed by atoms with Crippen LogP contribution in [-0.2, 0) is 17.8 Å². The lowest BCUT2D eigenvalue weighted by atomic mass is 10.0. The number of nitrogens with zero attached hydrogens (tertiary/aromatic N) is 2. The molecule has 0 bridgehead atoms. The number of carbonyl (C=O) groups is 2. The molecule has 0 saturated carbocycles. The van der Waals surface area contributed by atoms with Gasteiger partial charge in [0.1, 0.15) is 0 Å². The first-order valence-electron chi connectivity index (χ1n) is 11.8. The summed E-state index contributed by atoms with van der Waals surface area (Å²) in [6, 6.07) is 15.4. The van der Waals surface area contributed by atoms with Crippen molar-refractivity contribution in [3.63, 3.8) is 0 Å². The van der Waals surface area contributed by atoms with E-state index >= 15 is 0 Å². The number of carboxylic acids is 1. The van der Waals surface area contributed by atoms with E-state index in [1.165, 1.54) is 0 Å². The lowest BCUT2D eigenvalue weighted by Crippen LogP contribution is -2.31. The van der Waals surface area contributed by atoms with E-state index in [1.807, 2.05) is 49.1 Å². The smallest absolute Gasteiger partial charge is 0.335 e. The van der Waals surface area contributed by atoms with Gasteiger partial charge in [-0.3, -0.25) is 4.79 Å². The third kappa shape index (κ3) is 5.54. The van der Waals surface area contributed by atoms with Crippen molar-refractivity contribution in [3.05, 3.63) is 72.3 Å². The number of hydrogen-bond donors (Lipinski definition) is 1. The fourth-order valence-corrected chi connectivity index (χ4v) is 4.47. The SMILES string of the molecule is C=CCCCCCn1c(-c2ccccc2)c(CC(=O)N(CC)CC)c2cc(C(=O)O)ccc21. The molecule has 1 amide bonds. The van der Waals surface area contributed by atoms with Crippen LogP contribution >= 0.6 is 0 Å². The van der Waals surface area contributed by atoms with Gasteiger partial charge in [-0.25, -0.2) is 4.79 Å². The van der Waals surface area contributed by atoms with Crippen LogP contribution in [0.4, 0.5) is 0 Å². The third-order valence-electron chi connectivity index (χ3n) is 6.20. The van der Waals surface area contributed by atoms with Gasteiger partial charge in [-0.05, 0) is 62.4 Å². The molecule has 0 saturated heterocycles. The van der Waals surface area contributed by atoms with Crippen molar-refractivity contribution in [2.24, 2.45) is 0 Å². The van der Waals surface area contributed by atoms with Gasteiger partial charge in [0.25, 0.3) is 0 Å². The van der Waals surface area contributed by atoms with Crippen LogP contribution in [0.2, 0.25) is 0 Å². The zero-order valence-electron chi connectivity index (χ0n) is 19.7. The summed E-state index contributed by atoms with van der Waals surface area (Å²) in [5.41, 5.74) is 4.17. The summed E-state index contributed by atoms with van der Waals surface area (Å²) in [6.45, 7) is 9.88. The second kappa shape index (κ2) is 11.5. The van der Waals surface area contributed by atoms with Crippen molar-refractivity contribution in [3.8, 4) is 11.3 Å². The number of likely N-dealkylation sites (N-methyl/N-ethyl adjacent to an activating group) is 1. The minimum Gasteiger partial charge on any atom is -0.478 e. The number of carbonyl (C=O) groups excluding carboxylic acids is 1. The number of carboxylic acid groups (broad SMARTS) is 1. The Morgan fingerprint density at radius 3 is 2.39 bits per heavy atom. The third-order valence-corrected chi connectivity index (χ3v) is 6.20. The van der Waals surface area contributed by atoms with Crippen LogP contribution in [0.5, 0.6) is 0 Å². The lowest BCUT2D eigenvalue weighted by Gasteiger charge is -2.19. The molecule has 0 spiro atoms. The van der Waals surface area contributed by atoms with Crippen LogP contribution < -0.4 is 0 Å². The van der Waals surface area contributed by atoms with E-state index in [2.05, 4.69) is 23.3 Å². The number of fused-ring (bicyclic) bond motifs is 1. The van der Waals surface area contributed by atoms with E-state index in [9.17, 15) is 14.7 Å². The van der Waals surface area contributed by atoms with Gasteiger partial charge < -0.3 is 14.6 Å². The standard InChI is InChI=1S/C28H34N2O3/c1-4-7-8-9-13-18-30-25-17-16-22(28(32)33)19-23(25)24(20-26(31)29(5-2)6-3)27(30)21-14-11-10-12-15-21/h4,10-12,14-17,19H,1,5-9,13,18,20H2,2-3H3,(H,32,33). The van der Waals surface area contributed by atoms with Crippen LogP contribution in [0.15, 0.2) is 61.2 Å². The predicted molar refractivity (Wildman–Crippen MR) is 135 cm³/mol. The predicted octanol–water partition coefficient (Wildman–Crippen LogP) is 6.16. The number of aromatic nitrogens is 1. The monoisotopic (exact) mass is 446 g/mol. The van der Waals surface area contributed by atoms with Crippen LogP contribution in [-0.4, -0.2) is 39.5 Å². The molecular weight excluding hydrogens is 412 g/mol. The van der Waals surface area contributed by atoms with Gasteiger partial charge in [-0.15, -0.1) is 6.58 Å². The Morgan fingerprint density at radius 2 is 1.76 bits per heavy atom. The maximum absolute atomic E-state index is 13.2. The minimum atomic E-state index is -0.962. The summed E-state index contributed by atoms with van der Waals surface area (Å²) in [5, 5.41) is 10.5. The summed E-state index contributed by atoms with van der Waals surface area (Å²) < 4.78 is 2.27. The highest BCUT2D eigenvalue weighted by molar-refractivity contribution is 6.00. The summed E-state index contributed by atoms with van der Waals surface area (Å²) in [6.07, 6.45) is 6.38. The molecule has 2 aromatic carbocycles. The normalized spacial score (nSPS) is 11.0. The van der Waals surface area contributed by atoms with Gasteiger partial charge in [0.2, 0.25) is 5.91 Å². The number of amides is 1. The second-order valence-electron chi connectivity index (χ2n) is 8.26. The molecule has 5 heteroatoms. The Morgan fingerprint density at radius 1 is 1.03 bits per heavy atom. The van der Waals surface area contributed by atoms with Crippen molar-refractivity contribution >= 4 is 22.8 Å². The van der Waals surface area contributed by atoms with Crippen LogP contribution in [0.1, 0.15) is 55.5 Å². The molecule has 0 atom stereocenters. The number of rotatable bonds is 12. The van der Waals surface area contributed by atoms with Crippen LogP contribution in [0.3, 0.4) is 0 Å². The van der Waals surface area contributed by atoms with Crippen molar-refractivity contribution in [1.82, 2.24) is 9.47 Å². The molecule has 3 rings (SSSR count). The highest BCUT2D eigenvalue weighted by Crippen LogP contribution is 2.36. The van der Waals surface area contributed by atoms with E-state index in [-0.39, 0.29) is 17.9 Å². The molecule has 1 N–H and O–H groups in total. The fraction of sp³-hybridized carbons (Fsp3) is 0.357. The van der Waals surface area contributed by atoms with E-state index in [0.29, 0.717) is 13.1 Å². The molecule has 0 radical (unpaired) electrons. The quantitative estimate of drug-likeness (QED) is 0.267. The highest BCUT2D eigenvalue weighted by atomic mass is 16.4. The maximum atomic E-state index is 13.2. The fourth-order valence-electron chi connectivity index (χ4n) is 4.47. The molecular formula is C28H34N2O3. The Kier molecular flexibility index (Phi) is 8.47. The molecule has 5 nitrogen and oxygen atoms in total. The van der Waals surface area contributed by atoms with Gasteiger partial charge in [-0.2, -0.15) is 0 Å². The summed E-state index contributed by atoms with van der Waals surface area (Å²) >= 11 is 0. The summed E-state index contributed by atoms with van der Waals surface area (Å²) in [7, 11) is 0. The molecule has 174 valence electrons. The summed E-state index contributed by atoms with van der Waals surface area (Å²) in [5.74, 6) is -0.903. The molecule has 33 heavy (non-hydrogen) atoms. The van der Waals surface area contributed by atoms with E-state index < -0.39 is 5.97 Å². The van der Waals surface area contributed by atoms with E-state index in [0.717, 1.165) is 60.0 Å². The van der Waals surface area contributed by atoms with Gasteiger partial charge >= 0.3 is 5.97 Å². The lowest BCUT2D eigenvalue weighted by molar-refractivity contribution is -0.130. The number of allylic oxidation sites excluding steroid dienone is 1. The largest absolute Gasteiger partial charge is 0.478 e. The number of benzene rings is 2. The maximum Gasteiger partial charge on any atom is 0.335 e. The van der Waals surface area contributed by atoms with Gasteiger partial charge in [0, 0.05) is 30.5 Å². The molecule has 0 aliphatic rings. The molecule has 0 aliphatic carbocycles. The van der Waals surface area contributed by atoms with Crippen molar-refractivity contribution in [2.75, 3.05) is 13.1 Å². The van der Waals surface area contributed by atoms with Crippen LogP contribution in [0, 0.1) is 0 Å². The van der Waals surface area contributed by atoms with Gasteiger partial charge in [0.15, 0.2) is 0 Å². The van der Waals surface area contributed by atoms with Gasteiger partial charge in [-0.1, -0.05) is 42.8 Å². The Bertz CT molecular complexity index is 1110. The van der Waals surface area contributed by atoms with Gasteiger partial charge in [0.05, 0.1) is 17.7 Å². The first-order valence-corrected chi connectivity index (χ1v) is 11.8. The number of aromatic carboxylic acids is 1. The average Bonchev–Trinajstić information content (AvgIpc) is 3.12. The van der Waals surface area contributed by atoms with E-state index in [4.69, 9.17) is 0 Å². The Labute approximate surface area is 196 Å². The van der Waals surface area contributed by atoms with Crippen molar-refractivity contribution in [2.45, 2.75) is 52.5 Å². The van der Waals surface area contributed by atoms with Crippen molar-refractivity contribution in [1.29, 1.82) is 0 Å². The average molecular weight is 447 g/mol. The first-order chi connectivity index (χ1) is 16.0. The first kappa shape index (κ1) is 24.3. The number of aryl methyl sites for hydroxylation is 1. The van der Waals surface area contributed by atoms with E-state index in [1.54, 1.807) is 12.1 Å². The number of unbranched alkanes of at least 4 members (excludes halogenated alkanes) is 3. The second-order valence-corrected chi connectivity index (χ2v) is 8.26.